The van der Waals surface area contributed by atoms with E-state index < -0.39 is 0 Å². The number of aryl methyl sites for hydroxylation is 1. The summed E-state index contributed by atoms with van der Waals surface area (Å²) in [6.45, 7) is 2.21. The Bertz CT molecular complexity index is 608. The van der Waals surface area contributed by atoms with E-state index in [0.29, 0.717) is 23.3 Å². The number of nitrogens with zero attached hydrogens (tertiary/aromatic N) is 2. The van der Waals surface area contributed by atoms with Crippen LogP contribution >= 0.6 is 11.3 Å². The fraction of sp³-hybridized carbons (Fsp3) is 0.357. The van der Waals surface area contributed by atoms with Crippen LogP contribution in [0.25, 0.3) is 0 Å². The van der Waals surface area contributed by atoms with Gasteiger partial charge in [-0.2, -0.15) is 0 Å². The summed E-state index contributed by atoms with van der Waals surface area (Å²) >= 11 is 1.39. The van der Waals surface area contributed by atoms with E-state index in [1.54, 1.807) is 12.4 Å². The fourth-order valence-electron chi connectivity index (χ4n) is 1.78. The van der Waals surface area contributed by atoms with E-state index >= 15 is 0 Å². The van der Waals surface area contributed by atoms with E-state index in [0.717, 1.165) is 23.5 Å². The molecule has 1 N–H and O–H groups in total. The zero-order chi connectivity index (χ0) is 13.9. The van der Waals surface area contributed by atoms with Crippen LogP contribution in [0.5, 0.6) is 5.75 Å². The van der Waals surface area contributed by atoms with Gasteiger partial charge in [-0.15, -0.1) is 11.3 Å². The molecule has 0 bridgehead atoms. The quantitative estimate of drug-likeness (QED) is 0.917. The van der Waals surface area contributed by atoms with E-state index in [2.05, 4.69) is 15.3 Å². The Morgan fingerprint density at radius 2 is 2.40 bits per heavy atom. The van der Waals surface area contributed by atoms with Crippen molar-refractivity contribution in [3.8, 4) is 5.75 Å². The average molecular weight is 289 g/mol. The zero-order valence-corrected chi connectivity index (χ0v) is 11.9. The number of hydrogen-bond acceptors (Lipinski definition) is 5. The first-order chi connectivity index (χ1) is 9.72. The molecule has 1 aliphatic carbocycles. The summed E-state index contributed by atoms with van der Waals surface area (Å²) in [5.74, 6) is 0.680. The van der Waals surface area contributed by atoms with Crippen molar-refractivity contribution in [2.75, 3.05) is 0 Å². The van der Waals surface area contributed by atoms with Gasteiger partial charge in [-0.3, -0.25) is 9.78 Å². The Kier molecular flexibility index (Phi) is 3.64. The Balaban J connectivity index is 1.64. The molecule has 0 atom stereocenters. The number of thiazole rings is 1. The molecule has 2 aromatic heterocycles. The molecule has 1 aliphatic rings. The van der Waals surface area contributed by atoms with Crippen LogP contribution in [0.3, 0.4) is 0 Å². The van der Waals surface area contributed by atoms with E-state index in [-0.39, 0.29) is 5.91 Å². The predicted octanol–water partition coefficient (Wildman–Crippen LogP) is 2.32. The molecule has 0 saturated heterocycles. The monoisotopic (exact) mass is 289 g/mol. The number of carbonyl (C=O) groups is 1. The number of pyridine rings is 1. The van der Waals surface area contributed by atoms with E-state index in [1.807, 2.05) is 19.1 Å². The number of hydrogen-bond donors (Lipinski definition) is 1. The van der Waals surface area contributed by atoms with Gasteiger partial charge in [0.25, 0.3) is 5.91 Å². The van der Waals surface area contributed by atoms with Crippen molar-refractivity contribution in [1.29, 1.82) is 0 Å². The number of nitrogens with one attached hydrogen (secondary N) is 1. The standard InChI is InChI=1S/C14H15N3O2S/c1-9-13(14(18)17-10-4-5-10)20-12(16-9)8-19-11-3-2-6-15-7-11/h2-3,6-7,10H,4-5,8H2,1H3,(H,17,18). The van der Waals surface area contributed by atoms with E-state index in [1.165, 1.54) is 11.3 Å². The smallest absolute Gasteiger partial charge is 0.263 e. The van der Waals surface area contributed by atoms with Crippen LogP contribution in [0.4, 0.5) is 0 Å². The van der Waals surface area contributed by atoms with Gasteiger partial charge in [0.2, 0.25) is 0 Å². The number of aromatic nitrogens is 2. The van der Waals surface area contributed by atoms with E-state index in [4.69, 9.17) is 4.74 Å². The summed E-state index contributed by atoms with van der Waals surface area (Å²) < 4.78 is 5.59. The summed E-state index contributed by atoms with van der Waals surface area (Å²) in [5.41, 5.74) is 0.762. The Hall–Kier alpha value is -1.95. The van der Waals surface area contributed by atoms with Gasteiger partial charge >= 0.3 is 0 Å². The number of amides is 1. The lowest BCUT2D eigenvalue weighted by Gasteiger charge is -2.02. The van der Waals surface area contributed by atoms with Gasteiger partial charge in [0, 0.05) is 12.2 Å². The highest BCUT2D eigenvalue weighted by atomic mass is 32.1. The highest BCUT2D eigenvalue weighted by molar-refractivity contribution is 7.13. The van der Waals surface area contributed by atoms with Crippen LogP contribution in [0.2, 0.25) is 0 Å². The predicted molar refractivity (Wildman–Crippen MR) is 75.9 cm³/mol. The second-order valence-corrected chi connectivity index (χ2v) is 5.83. The molecule has 104 valence electrons. The number of rotatable bonds is 5. The second kappa shape index (κ2) is 5.58. The maximum atomic E-state index is 12.0. The van der Waals surface area contributed by atoms with Gasteiger partial charge in [-0.1, -0.05) is 0 Å². The van der Waals surface area contributed by atoms with Crippen LogP contribution in [0.1, 0.15) is 33.2 Å². The average Bonchev–Trinajstić information content (AvgIpc) is 3.18. The molecule has 2 aromatic rings. The minimum Gasteiger partial charge on any atom is -0.485 e. The van der Waals surface area contributed by atoms with Gasteiger partial charge in [0.05, 0.1) is 11.9 Å². The fourth-order valence-corrected chi connectivity index (χ4v) is 2.66. The lowest BCUT2D eigenvalue weighted by Crippen LogP contribution is -2.25. The third-order valence-corrected chi connectivity index (χ3v) is 4.09. The van der Waals surface area contributed by atoms with Crippen molar-refractivity contribution < 1.29 is 9.53 Å². The zero-order valence-electron chi connectivity index (χ0n) is 11.1. The Morgan fingerprint density at radius 1 is 1.55 bits per heavy atom. The Morgan fingerprint density at radius 3 is 3.10 bits per heavy atom. The van der Waals surface area contributed by atoms with Gasteiger partial charge in [0.15, 0.2) is 0 Å². The Labute approximate surface area is 121 Å². The summed E-state index contributed by atoms with van der Waals surface area (Å²) in [5, 5.41) is 3.78. The van der Waals surface area contributed by atoms with Gasteiger partial charge in [0.1, 0.15) is 22.2 Å². The van der Waals surface area contributed by atoms with Crippen molar-refractivity contribution in [2.45, 2.75) is 32.4 Å². The summed E-state index contributed by atoms with van der Waals surface area (Å²) in [7, 11) is 0. The minimum absolute atomic E-state index is 0.0184. The highest BCUT2D eigenvalue weighted by Gasteiger charge is 2.25. The molecular formula is C14H15N3O2S. The third kappa shape index (κ3) is 3.14. The number of carbonyl (C=O) groups excluding carboxylic acids is 1. The maximum absolute atomic E-state index is 12.0. The van der Waals surface area contributed by atoms with Crippen molar-refractivity contribution in [2.24, 2.45) is 0 Å². The molecule has 0 unspecified atom stereocenters. The molecule has 6 heteroatoms. The minimum atomic E-state index is -0.0184. The van der Waals surface area contributed by atoms with Crippen molar-refractivity contribution in [3.05, 3.63) is 40.1 Å². The first kappa shape index (κ1) is 13.1. The molecule has 0 radical (unpaired) electrons. The first-order valence-electron chi connectivity index (χ1n) is 6.52. The van der Waals surface area contributed by atoms with Crippen molar-refractivity contribution in [1.82, 2.24) is 15.3 Å². The molecule has 20 heavy (non-hydrogen) atoms. The van der Waals surface area contributed by atoms with Gasteiger partial charge in [-0.25, -0.2) is 4.98 Å². The molecular weight excluding hydrogens is 274 g/mol. The van der Waals surface area contributed by atoms with Crippen LogP contribution in [0, 0.1) is 6.92 Å². The van der Waals surface area contributed by atoms with Crippen LogP contribution in [-0.4, -0.2) is 21.9 Å². The molecule has 2 heterocycles. The first-order valence-corrected chi connectivity index (χ1v) is 7.34. The van der Waals surface area contributed by atoms with E-state index in [9.17, 15) is 4.79 Å². The second-order valence-electron chi connectivity index (χ2n) is 4.75. The lowest BCUT2D eigenvalue weighted by molar-refractivity contribution is 0.0954. The highest BCUT2D eigenvalue weighted by Crippen LogP contribution is 2.23. The van der Waals surface area contributed by atoms with Crippen molar-refractivity contribution >= 4 is 17.2 Å². The summed E-state index contributed by atoms with van der Waals surface area (Å²) in [6, 6.07) is 4.02. The largest absolute Gasteiger partial charge is 0.485 e. The molecule has 0 aliphatic heterocycles. The summed E-state index contributed by atoms with van der Waals surface area (Å²) in [4.78, 5) is 21.1. The van der Waals surface area contributed by atoms with Gasteiger partial charge in [-0.05, 0) is 31.9 Å². The topological polar surface area (TPSA) is 64.1 Å². The molecule has 1 saturated carbocycles. The SMILES string of the molecule is Cc1nc(COc2cccnc2)sc1C(=O)NC1CC1. The maximum Gasteiger partial charge on any atom is 0.263 e. The van der Waals surface area contributed by atoms with Crippen LogP contribution in [-0.2, 0) is 6.61 Å². The van der Waals surface area contributed by atoms with Crippen LogP contribution < -0.4 is 10.1 Å². The lowest BCUT2D eigenvalue weighted by atomic mass is 10.3. The molecule has 1 amide bonds. The summed E-state index contributed by atoms with van der Waals surface area (Å²) in [6.07, 6.45) is 5.52. The molecule has 5 nitrogen and oxygen atoms in total. The molecule has 1 fully saturated rings. The third-order valence-electron chi connectivity index (χ3n) is 2.96. The molecule has 0 spiro atoms. The number of ether oxygens (including phenoxy) is 1. The molecule has 0 aromatic carbocycles. The normalized spacial score (nSPS) is 14.1. The van der Waals surface area contributed by atoms with Crippen LogP contribution in [0.15, 0.2) is 24.5 Å². The van der Waals surface area contributed by atoms with Gasteiger partial charge < -0.3 is 10.1 Å². The molecule has 3 rings (SSSR count). The van der Waals surface area contributed by atoms with Crippen molar-refractivity contribution in [3.63, 3.8) is 0 Å².